The number of hydrogen-bond donors (Lipinski definition) is 0. The first-order chi connectivity index (χ1) is 8.10. The maximum atomic E-state index is 11.8. The van der Waals surface area contributed by atoms with Gasteiger partial charge in [0.05, 0.1) is 12.5 Å². The Bertz CT molecular complexity index is 446. The lowest BCUT2D eigenvalue weighted by molar-refractivity contribution is -0.118. The third-order valence-electron chi connectivity index (χ3n) is 2.85. The van der Waals surface area contributed by atoms with Crippen molar-refractivity contribution in [3.63, 3.8) is 0 Å². The number of benzene rings is 1. The van der Waals surface area contributed by atoms with E-state index in [9.17, 15) is 4.79 Å². The Morgan fingerprint density at radius 3 is 2.59 bits per heavy atom. The van der Waals surface area contributed by atoms with Crippen LogP contribution < -0.4 is 4.90 Å². The van der Waals surface area contributed by atoms with Gasteiger partial charge >= 0.3 is 0 Å². The molecule has 3 heteroatoms. The van der Waals surface area contributed by atoms with Gasteiger partial charge in [0.15, 0.2) is 0 Å². The highest BCUT2D eigenvalue weighted by Crippen LogP contribution is 2.19. The molecule has 1 aromatic rings. The molecule has 0 spiro atoms. The molecule has 0 heterocycles. The van der Waals surface area contributed by atoms with Gasteiger partial charge in [-0.25, -0.2) is 0 Å². The van der Waals surface area contributed by atoms with E-state index >= 15 is 0 Å². The zero-order chi connectivity index (χ0) is 12.8. The van der Waals surface area contributed by atoms with Gasteiger partial charge in [-0.1, -0.05) is 13.0 Å². The topological polar surface area (TPSA) is 44.1 Å². The Hall–Kier alpha value is -1.82. The van der Waals surface area contributed by atoms with Crippen molar-refractivity contribution in [2.75, 3.05) is 11.4 Å². The van der Waals surface area contributed by atoms with Crippen molar-refractivity contribution in [1.82, 2.24) is 0 Å². The second-order valence-electron chi connectivity index (χ2n) is 4.08. The highest BCUT2D eigenvalue weighted by molar-refractivity contribution is 5.93. The zero-order valence-electron chi connectivity index (χ0n) is 10.7. The van der Waals surface area contributed by atoms with E-state index in [0.717, 1.165) is 11.3 Å². The molecular weight excluding hydrogens is 212 g/mol. The average molecular weight is 230 g/mol. The van der Waals surface area contributed by atoms with Crippen molar-refractivity contribution >= 4 is 11.6 Å². The quantitative estimate of drug-likeness (QED) is 0.798. The first kappa shape index (κ1) is 13.2. The molecule has 0 N–H and O–H groups in total. The molecule has 90 valence electrons. The lowest BCUT2D eigenvalue weighted by Gasteiger charge is -2.22. The molecular formula is C14H18N2O. The van der Waals surface area contributed by atoms with E-state index in [4.69, 9.17) is 5.26 Å². The second-order valence-corrected chi connectivity index (χ2v) is 4.08. The molecule has 0 unspecified atom stereocenters. The number of anilines is 1. The molecule has 17 heavy (non-hydrogen) atoms. The van der Waals surface area contributed by atoms with Crippen LogP contribution in [0.3, 0.4) is 0 Å². The summed E-state index contributed by atoms with van der Waals surface area (Å²) in [7, 11) is 0. The van der Waals surface area contributed by atoms with Crippen molar-refractivity contribution in [3.8, 4) is 6.07 Å². The first-order valence-corrected chi connectivity index (χ1v) is 5.84. The monoisotopic (exact) mass is 230 g/mol. The number of rotatable bonds is 4. The predicted octanol–water partition coefficient (Wildman–Crippen LogP) is 2.96. The molecule has 0 aliphatic heterocycles. The normalized spacial score (nSPS) is 9.76. The standard InChI is InChI=1S/C14H18N2O/c1-4-14(17)16(9-5-8-15)13-7-6-11(2)12(3)10-13/h6-7,10H,4-5,9H2,1-3H3. The predicted molar refractivity (Wildman–Crippen MR) is 68.8 cm³/mol. The van der Waals surface area contributed by atoms with Gasteiger partial charge in [-0.2, -0.15) is 5.26 Å². The third-order valence-corrected chi connectivity index (χ3v) is 2.85. The number of hydrogen-bond acceptors (Lipinski definition) is 2. The summed E-state index contributed by atoms with van der Waals surface area (Å²) < 4.78 is 0. The number of aryl methyl sites for hydroxylation is 2. The van der Waals surface area contributed by atoms with E-state index in [1.54, 1.807) is 4.90 Å². The smallest absolute Gasteiger partial charge is 0.226 e. The van der Waals surface area contributed by atoms with Crippen LogP contribution in [0, 0.1) is 25.2 Å². The van der Waals surface area contributed by atoms with Crippen LogP contribution >= 0.6 is 0 Å². The first-order valence-electron chi connectivity index (χ1n) is 5.84. The molecule has 1 amide bonds. The van der Waals surface area contributed by atoms with E-state index in [1.807, 2.05) is 39.0 Å². The Morgan fingerprint density at radius 1 is 1.35 bits per heavy atom. The molecule has 0 aromatic heterocycles. The van der Waals surface area contributed by atoms with Gasteiger partial charge in [0, 0.05) is 18.7 Å². The van der Waals surface area contributed by atoms with Gasteiger partial charge in [-0.15, -0.1) is 0 Å². The Morgan fingerprint density at radius 2 is 2.06 bits per heavy atom. The molecule has 0 aliphatic rings. The SMILES string of the molecule is CCC(=O)N(CCC#N)c1ccc(C)c(C)c1. The Balaban J connectivity index is 3.00. The molecule has 0 saturated carbocycles. The Labute approximate surface area is 103 Å². The lowest BCUT2D eigenvalue weighted by atomic mass is 10.1. The fraction of sp³-hybridized carbons (Fsp3) is 0.429. The minimum absolute atomic E-state index is 0.0588. The van der Waals surface area contributed by atoms with E-state index in [0.29, 0.717) is 19.4 Å². The fourth-order valence-electron chi connectivity index (χ4n) is 1.64. The summed E-state index contributed by atoms with van der Waals surface area (Å²) in [5.74, 6) is 0.0588. The highest BCUT2D eigenvalue weighted by Gasteiger charge is 2.13. The van der Waals surface area contributed by atoms with E-state index in [2.05, 4.69) is 6.07 Å². The zero-order valence-corrected chi connectivity index (χ0v) is 10.7. The van der Waals surface area contributed by atoms with Gasteiger partial charge in [-0.05, 0) is 37.1 Å². The van der Waals surface area contributed by atoms with Crippen molar-refractivity contribution in [2.45, 2.75) is 33.6 Å². The molecule has 1 rings (SSSR count). The largest absolute Gasteiger partial charge is 0.311 e. The molecule has 0 bridgehead atoms. The molecule has 0 aliphatic carbocycles. The minimum Gasteiger partial charge on any atom is -0.311 e. The van der Waals surface area contributed by atoms with Crippen molar-refractivity contribution in [1.29, 1.82) is 5.26 Å². The maximum Gasteiger partial charge on any atom is 0.226 e. The van der Waals surface area contributed by atoms with Crippen LogP contribution in [0.15, 0.2) is 18.2 Å². The number of carbonyl (C=O) groups excluding carboxylic acids is 1. The van der Waals surface area contributed by atoms with Gasteiger partial charge < -0.3 is 4.90 Å². The molecule has 0 saturated heterocycles. The van der Waals surface area contributed by atoms with E-state index in [1.165, 1.54) is 5.56 Å². The van der Waals surface area contributed by atoms with Crippen LogP contribution in [0.1, 0.15) is 30.9 Å². The molecule has 0 radical (unpaired) electrons. The summed E-state index contributed by atoms with van der Waals surface area (Å²) in [6, 6.07) is 8.02. The highest BCUT2D eigenvalue weighted by atomic mass is 16.2. The van der Waals surface area contributed by atoms with E-state index in [-0.39, 0.29) is 5.91 Å². The maximum absolute atomic E-state index is 11.8. The number of carbonyl (C=O) groups is 1. The number of amides is 1. The third kappa shape index (κ3) is 3.32. The molecule has 3 nitrogen and oxygen atoms in total. The van der Waals surface area contributed by atoms with Crippen LogP contribution in [0.5, 0.6) is 0 Å². The second kappa shape index (κ2) is 6.05. The van der Waals surface area contributed by atoms with E-state index < -0.39 is 0 Å². The fourth-order valence-corrected chi connectivity index (χ4v) is 1.64. The number of nitrogens with zero attached hydrogens (tertiary/aromatic N) is 2. The van der Waals surface area contributed by atoms with Crippen molar-refractivity contribution in [2.24, 2.45) is 0 Å². The summed E-state index contributed by atoms with van der Waals surface area (Å²) >= 11 is 0. The van der Waals surface area contributed by atoms with Crippen LogP contribution in [0.4, 0.5) is 5.69 Å². The van der Waals surface area contributed by atoms with Gasteiger partial charge in [0.25, 0.3) is 0 Å². The summed E-state index contributed by atoms with van der Waals surface area (Å²) in [5, 5.41) is 8.63. The minimum atomic E-state index is 0.0588. The van der Waals surface area contributed by atoms with Crippen LogP contribution in [0.2, 0.25) is 0 Å². The van der Waals surface area contributed by atoms with Crippen LogP contribution in [0.25, 0.3) is 0 Å². The van der Waals surface area contributed by atoms with Crippen LogP contribution in [-0.4, -0.2) is 12.5 Å². The molecule has 1 aromatic carbocycles. The van der Waals surface area contributed by atoms with Gasteiger partial charge in [-0.3, -0.25) is 4.79 Å². The van der Waals surface area contributed by atoms with Crippen molar-refractivity contribution < 1.29 is 4.79 Å². The van der Waals surface area contributed by atoms with Gasteiger partial charge in [0.2, 0.25) is 5.91 Å². The summed E-state index contributed by atoms with van der Waals surface area (Å²) in [5.41, 5.74) is 3.25. The average Bonchev–Trinajstić information content (AvgIpc) is 2.33. The molecule has 0 atom stereocenters. The lowest BCUT2D eigenvalue weighted by Crippen LogP contribution is -2.31. The summed E-state index contributed by atoms with van der Waals surface area (Å²) in [4.78, 5) is 13.5. The summed E-state index contributed by atoms with van der Waals surface area (Å²) in [6.45, 7) is 6.37. The Kier molecular flexibility index (Phi) is 4.71. The molecule has 0 fully saturated rings. The number of nitriles is 1. The van der Waals surface area contributed by atoms with Crippen LogP contribution in [-0.2, 0) is 4.79 Å². The summed E-state index contributed by atoms with van der Waals surface area (Å²) in [6.07, 6.45) is 0.816. The van der Waals surface area contributed by atoms with Gasteiger partial charge in [0.1, 0.15) is 0 Å². The van der Waals surface area contributed by atoms with Crippen molar-refractivity contribution in [3.05, 3.63) is 29.3 Å².